The zero-order valence-corrected chi connectivity index (χ0v) is 12.2. The number of hydrogen-bond acceptors (Lipinski definition) is 3. The van der Waals surface area contributed by atoms with Gasteiger partial charge in [-0.25, -0.2) is 0 Å². The van der Waals surface area contributed by atoms with E-state index in [-0.39, 0.29) is 6.04 Å². The van der Waals surface area contributed by atoms with Crippen molar-refractivity contribution in [3.63, 3.8) is 0 Å². The van der Waals surface area contributed by atoms with Gasteiger partial charge in [-0.2, -0.15) is 5.10 Å². The van der Waals surface area contributed by atoms with Crippen molar-refractivity contribution in [3.05, 3.63) is 46.0 Å². The van der Waals surface area contributed by atoms with E-state index >= 15 is 0 Å². The number of hydrogen-bond donors (Lipinski definition) is 1. The molecule has 2 heterocycles. The molecule has 0 aliphatic carbocycles. The van der Waals surface area contributed by atoms with Gasteiger partial charge in [-0.1, -0.05) is 6.07 Å². The van der Waals surface area contributed by atoms with Gasteiger partial charge in [-0.15, -0.1) is 0 Å². The molecule has 0 bridgehead atoms. The van der Waals surface area contributed by atoms with E-state index in [4.69, 9.17) is 5.73 Å². The van der Waals surface area contributed by atoms with E-state index in [1.165, 1.54) is 0 Å². The minimum Gasteiger partial charge on any atom is -0.324 e. The third kappa shape index (κ3) is 2.62. The maximum Gasteiger partial charge on any atom is 0.0738 e. The summed E-state index contributed by atoms with van der Waals surface area (Å²) in [5, 5.41) is 4.47. The molecule has 0 saturated heterocycles. The fourth-order valence-electron chi connectivity index (χ4n) is 1.99. The van der Waals surface area contributed by atoms with Gasteiger partial charge in [0.2, 0.25) is 0 Å². The highest BCUT2D eigenvalue weighted by atomic mass is 79.9. The fraction of sp³-hybridized carbons (Fsp3) is 0.385. The Labute approximate surface area is 115 Å². The van der Waals surface area contributed by atoms with Crippen LogP contribution in [0.1, 0.15) is 29.9 Å². The molecule has 2 aromatic heterocycles. The van der Waals surface area contributed by atoms with Crippen LogP contribution in [0.4, 0.5) is 0 Å². The summed E-state index contributed by atoms with van der Waals surface area (Å²) in [6.45, 7) is 4.93. The molecule has 0 amide bonds. The first-order valence-corrected chi connectivity index (χ1v) is 6.80. The third-order valence-corrected chi connectivity index (χ3v) is 4.01. The summed E-state index contributed by atoms with van der Waals surface area (Å²) in [6, 6.07) is 3.86. The largest absolute Gasteiger partial charge is 0.324 e. The average Bonchev–Trinajstić information content (AvgIpc) is 2.67. The number of pyridine rings is 1. The molecule has 5 heteroatoms. The molecule has 2 N–H and O–H groups in total. The van der Waals surface area contributed by atoms with Gasteiger partial charge >= 0.3 is 0 Å². The second-order valence-electron chi connectivity index (χ2n) is 4.26. The van der Waals surface area contributed by atoms with E-state index in [2.05, 4.69) is 32.9 Å². The Morgan fingerprint density at radius 3 is 2.89 bits per heavy atom. The smallest absolute Gasteiger partial charge is 0.0738 e. The van der Waals surface area contributed by atoms with E-state index in [9.17, 15) is 0 Å². The van der Waals surface area contributed by atoms with Gasteiger partial charge in [-0.3, -0.25) is 9.67 Å². The Hall–Kier alpha value is -1.20. The molecule has 1 unspecified atom stereocenters. The van der Waals surface area contributed by atoms with Crippen molar-refractivity contribution >= 4 is 15.9 Å². The lowest BCUT2D eigenvalue weighted by molar-refractivity contribution is 0.585. The summed E-state index contributed by atoms with van der Waals surface area (Å²) in [5.41, 5.74) is 9.42. The highest BCUT2D eigenvalue weighted by molar-refractivity contribution is 9.10. The Morgan fingerprint density at radius 1 is 1.50 bits per heavy atom. The van der Waals surface area contributed by atoms with Crippen molar-refractivity contribution in [1.29, 1.82) is 0 Å². The molecular formula is C13H17BrN4. The molecule has 0 aliphatic heterocycles. The van der Waals surface area contributed by atoms with Crippen molar-refractivity contribution in [2.75, 3.05) is 0 Å². The second-order valence-corrected chi connectivity index (χ2v) is 5.05. The van der Waals surface area contributed by atoms with Crippen LogP contribution in [0.2, 0.25) is 0 Å². The second kappa shape index (κ2) is 5.63. The standard InChI is InChI=1S/C13H17BrN4/c1-3-18-12(13(14)9(2)17-18)7-11(15)10-5-4-6-16-8-10/h4-6,8,11H,3,7,15H2,1-2H3. The number of halogens is 1. The quantitative estimate of drug-likeness (QED) is 0.944. The van der Waals surface area contributed by atoms with Gasteiger partial charge in [0, 0.05) is 31.4 Å². The molecule has 18 heavy (non-hydrogen) atoms. The van der Waals surface area contributed by atoms with Crippen LogP contribution in [0.15, 0.2) is 29.0 Å². The summed E-state index contributed by atoms with van der Waals surface area (Å²) in [6.07, 6.45) is 4.33. The van der Waals surface area contributed by atoms with Gasteiger partial charge in [0.1, 0.15) is 0 Å². The summed E-state index contributed by atoms with van der Waals surface area (Å²) in [5.74, 6) is 0. The van der Waals surface area contributed by atoms with E-state index in [1.54, 1.807) is 6.20 Å². The number of rotatable bonds is 4. The van der Waals surface area contributed by atoms with Crippen molar-refractivity contribution < 1.29 is 0 Å². The molecule has 0 saturated carbocycles. The van der Waals surface area contributed by atoms with Crippen molar-refractivity contribution in [1.82, 2.24) is 14.8 Å². The van der Waals surface area contributed by atoms with Crippen molar-refractivity contribution in [2.24, 2.45) is 5.73 Å². The van der Waals surface area contributed by atoms with E-state index in [0.29, 0.717) is 0 Å². The van der Waals surface area contributed by atoms with Crippen LogP contribution in [0.5, 0.6) is 0 Å². The molecule has 0 spiro atoms. The number of aromatic nitrogens is 3. The number of aryl methyl sites for hydroxylation is 2. The highest BCUT2D eigenvalue weighted by Crippen LogP contribution is 2.25. The maximum absolute atomic E-state index is 6.23. The summed E-state index contributed by atoms with van der Waals surface area (Å²) in [7, 11) is 0. The minimum absolute atomic E-state index is 0.0589. The molecule has 0 radical (unpaired) electrons. The van der Waals surface area contributed by atoms with Crippen LogP contribution in [0.3, 0.4) is 0 Å². The first-order chi connectivity index (χ1) is 8.63. The third-order valence-electron chi connectivity index (χ3n) is 2.98. The normalized spacial score (nSPS) is 12.7. The minimum atomic E-state index is -0.0589. The predicted octanol–water partition coefficient (Wildman–Crippen LogP) is 2.61. The topological polar surface area (TPSA) is 56.7 Å². The Kier molecular flexibility index (Phi) is 4.14. The first kappa shape index (κ1) is 13.2. The molecule has 2 rings (SSSR count). The Bertz CT molecular complexity index is 521. The monoisotopic (exact) mass is 308 g/mol. The molecule has 96 valence electrons. The predicted molar refractivity (Wildman–Crippen MR) is 75.2 cm³/mol. The Morgan fingerprint density at radius 2 is 2.28 bits per heavy atom. The summed E-state index contributed by atoms with van der Waals surface area (Å²) in [4.78, 5) is 4.10. The van der Waals surface area contributed by atoms with Gasteiger partial charge < -0.3 is 5.73 Å². The van der Waals surface area contributed by atoms with Crippen LogP contribution in [-0.2, 0) is 13.0 Å². The molecule has 0 aromatic carbocycles. The van der Waals surface area contributed by atoms with E-state index in [1.807, 2.05) is 29.9 Å². The van der Waals surface area contributed by atoms with Crippen LogP contribution < -0.4 is 5.73 Å². The Balaban J connectivity index is 2.24. The lowest BCUT2D eigenvalue weighted by Gasteiger charge is -2.13. The SMILES string of the molecule is CCn1nc(C)c(Br)c1CC(N)c1cccnc1. The summed E-state index contributed by atoms with van der Waals surface area (Å²) >= 11 is 3.59. The van der Waals surface area contributed by atoms with Crippen LogP contribution in [-0.4, -0.2) is 14.8 Å². The zero-order chi connectivity index (χ0) is 13.1. The molecular weight excluding hydrogens is 292 g/mol. The maximum atomic E-state index is 6.23. The average molecular weight is 309 g/mol. The fourth-order valence-corrected chi connectivity index (χ4v) is 2.43. The summed E-state index contributed by atoms with van der Waals surface area (Å²) < 4.78 is 3.05. The number of nitrogens with two attached hydrogens (primary N) is 1. The van der Waals surface area contributed by atoms with Gasteiger partial charge in [0.05, 0.1) is 15.9 Å². The lowest BCUT2D eigenvalue weighted by Crippen LogP contribution is -2.16. The molecule has 0 aliphatic rings. The highest BCUT2D eigenvalue weighted by Gasteiger charge is 2.16. The molecule has 2 aromatic rings. The number of nitrogens with zero attached hydrogens (tertiary/aromatic N) is 3. The van der Waals surface area contributed by atoms with E-state index in [0.717, 1.165) is 34.4 Å². The van der Waals surface area contributed by atoms with Crippen LogP contribution in [0.25, 0.3) is 0 Å². The zero-order valence-electron chi connectivity index (χ0n) is 10.6. The van der Waals surface area contributed by atoms with Crippen molar-refractivity contribution in [2.45, 2.75) is 32.9 Å². The molecule has 4 nitrogen and oxygen atoms in total. The lowest BCUT2D eigenvalue weighted by atomic mass is 10.0. The van der Waals surface area contributed by atoms with Crippen LogP contribution in [0, 0.1) is 6.92 Å². The van der Waals surface area contributed by atoms with Crippen LogP contribution >= 0.6 is 15.9 Å². The van der Waals surface area contributed by atoms with Gasteiger partial charge in [0.15, 0.2) is 0 Å². The van der Waals surface area contributed by atoms with Crippen molar-refractivity contribution in [3.8, 4) is 0 Å². The molecule has 0 fully saturated rings. The van der Waals surface area contributed by atoms with Gasteiger partial charge in [0.25, 0.3) is 0 Å². The van der Waals surface area contributed by atoms with E-state index < -0.39 is 0 Å². The first-order valence-electron chi connectivity index (χ1n) is 6.00. The van der Waals surface area contributed by atoms with Gasteiger partial charge in [-0.05, 0) is 41.4 Å². The molecule has 1 atom stereocenters.